The smallest absolute Gasteiger partial charge is 0.304 e. The van der Waals surface area contributed by atoms with Crippen LogP contribution in [-0.4, -0.2) is 44.4 Å². The largest absolute Gasteiger partial charge is 0.481 e. The molecule has 0 unspecified atom stereocenters. The summed E-state index contributed by atoms with van der Waals surface area (Å²) >= 11 is 0. The summed E-state index contributed by atoms with van der Waals surface area (Å²) in [6.45, 7) is 2.35. The molecule has 2 rings (SSSR count). The van der Waals surface area contributed by atoms with Crippen LogP contribution in [0.4, 0.5) is 0 Å². The van der Waals surface area contributed by atoms with E-state index >= 15 is 0 Å². The van der Waals surface area contributed by atoms with Crippen LogP contribution >= 0.6 is 21.6 Å². The Labute approximate surface area is 136 Å². The molecule has 22 heavy (non-hydrogen) atoms. The van der Waals surface area contributed by atoms with E-state index in [2.05, 4.69) is 10.3 Å². The number of rotatable bonds is 8. The van der Waals surface area contributed by atoms with Crippen LogP contribution in [0.1, 0.15) is 22.6 Å². The molecule has 0 spiro atoms. The molecule has 2 aromatic rings. The van der Waals surface area contributed by atoms with Crippen molar-refractivity contribution in [3.05, 3.63) is 35.8 Å². The van der Waals surface area contributed by atoms with Crippen LogP contribution < -0.4 is 5.32 Å². The van der Waals surface area contributed by atoms with Crippen molar-refractivity contribution in [1.82, 2.24) is 14.7 Å². The maximum Gasteiger partial charge on any atom is 0.304 e. The van der Waals surface area contributed by atoms with Gasteiger partial charge in [-0.05, 0) is 19.1 Å². The Hall–Kier alpha value is -1.67. The van der Waals surface area contributed by atoms with Crippen molar-refractivity contribution >= 4 is 39.1 Å². The zero-order valence-electron chi connectivity index (χ0n) is 12.1. The van der Waals surface area contributed by atoms with E-state index in [0.717, 1.165) is 11.4 Å². The molecule has 0 bridgehead atoms. The van der Waals surface area contributed by atoms with Gasteiger partial charge in [-0.15, -0.1) is 0 Å². The van der Waals surface area contributed by atoms with Gasteiger partial charge >= 0.3 is 5.97 Å². The van der Waals surface area contributed by atoms with E-state index in [9.17, 15) is 9.59 Å². The van der Waals surface area contributed by atoms with E-state index in [0.29, 0.717) is 23.7 Å². The number of imidazole rings is 1. The van der Waals surface area contributed by atoms with Crippen LogP contribution in [0, 0.1) is 6.92 Å². The monoisotopic (exact) mass is 339 g/mol. The number of carbonyl (C=O) groups is 2. The lowest BCUT2D eigenvalue weighted by Gasteiger charge is -2.05. The Morgan fingerprint density at radius 1 is 1.32 bits per heavy atom. The first-order valence-electron chi connectivity index (χ1n) is 6.77. The number of hydrogen-bond acceptors (Lipinski definition) is 5. The second-order valence-corrected chi connectivity index (χ2v) is 7.22. The van der Waals surface area contributed by atoms with Gasteiger partial charge < -0.3 is 10.4 Å². The predicted octanol–water partition coefficient (Wildman–Crippen LogP) is 2.23. The molecule has 0 saturated carbocycles. The highest BCUT2D eigenvalue weighted by Crippen LogP contribution is 2.21. The minimum absolute atomic E-state index is 0.146. The predicted molar refractivity (Wildman–Crippen MR) is 89.4 cm³/mol. The Balaban J connectivity index is 1.80. The molecule has 0 fully saturated rings. The van der Waals surface area contributed by atoms with Crippen molar-refractivity contribution in [2.45, 2.75) is 13.3 Å². The molecule has 6 nitrogen and oxygen atoms in total. The Kier molecular flexibility index (Phi) is 6.14. The number of amides is 1. The van der Waals surface area contributed by atoms with Crippen molar-refractivity contribution in [2.24, 2.45) is 0 Å². The van der Waals surface area contributed by atoms with Crippen molar-refractivity contribution in [1.29, 1.82) is 0 Å². The summed E-state index contributed by atoms with van der Waals surface area (Å²) in [5.41, 5.74) is 2.01. The molecule has 118 valence electrons. The van der Waals surface area contributed by atoms with Gasteiger partial charge in [-0.25, -0.2) is 4.98 Å². The summed E-state index contributed by atoms with van der Waals surface area (Å²) < 4.78 is 1.78. The molecular weight excluding hydrogens is 322 g/mol. The minimum atomic E-state index is -0.788. The van der Waals surface area contributed by atoms with Crippen LogP contribution in [0.15, 0.2) is 24.4 Å². The fraction of sp³-hybridized carbons (Fsp3) is 0.357. The van der Waals surface area contributed by atoms with Gasteiger partial charge in [-0.1, -0.05) is 27.7 Å². The van der Waals surface area contributed by atoms with E-state index in [-0.39, 0.29) is 12.3 Å². The Morgan fingerprint density at radius 2 is 2.09 bits per heavy atom. The first-order valence-corrected chi connectivity index (χ1v) is 9.26. The number of carbonyl (C=O) groups excluding carboxylic acids is 1. The summed E-state index contributed by atoms with van der Waals surface area (Å²) in [7, 11) is 3.06. The highest BCUT2D eigenvalue weighted by atomic mass is 33.1. The number of nitrogens with one attached hydrogen (secondary N) is 1. The fourth-order valence-electron chi connectivity index (χ4n) is 1.92. The third-order valence-electron chi connectivity index (χ3n) is 2.87. The molecule has 2 heterocycles. The zero-order valence-corrected chi connectivity index (χ0v) is 13.7. The van der Waals surface area contributed by atoms with Crippen LogP contribution in [-0.2, 0) is 4.79 Å². The number of nitrogens with zero attached hydrogens (tertiary/aromatic N) is 2. The molecule has 0 aliphatic heterocycles. The number of aromatic nitrogens is 2. The van der Waals surface area contributed by atoms with Crippen molar-refractivity contribution in [3.63, 3.8) is 0 Å². The average molecular weight is 339 g/mol. The van der Waals surface area contributed by atoms with Crippen molar-refractivity contribution < 1.29 is 14.7 Å². The molecule has 0 radical (unpaired) electrons. The van der Waals surface area contributed by atoms with Crippen LogP contribution in [0.25, 0.3) is 5.65 Å². The number of hydrogen-bond donors (Lipinski definition) is 2. The first kappa shape index (κ1) is 16.7. The summed E-state index contributed by atoms with van der Waals surface area (Å²) in [6, 6.07) is 5.60. The minimum Gasteiger partial charge on any atom is -0.481 e. The lowest BCUT2D eigenvalue weighted by Crippen LogP contribution is -2.27. The molecule has 2 N–H and O–H groups in total. The molecular formula is C14H17N3O3S2. The standard InChI is InChI=1S/C14H17N3O3S2/c1-10-13(17-7-3-2-4-11(17)16-10)14(20)15-6-9-22-21-8-5-12(18)19/h2-4,7H,5-6,8-9H2,1H3,(H,15,20)(H,18,19). The molecule has 8 heteroatoms. The molecule has 0 aliphatic carbocycles. The van der Waals surface area contributed by atoms with Crippen LogP contribution in [0.5, 0.6) is 0 Å². The quantitative estimate of drug-likeness (QED) is 0.567. The maximum absolute atomic E-state index is 12.3. The summed E-state index contributed by atoms with van der Waals surface area (Å²) in [5, 5.41) is 11.4. The number of carboxylic acids is 1. The van der Waals surface area contributed by atoms with Crippen LogP contribution in [0.2, 0.25) is 0 Å². The second-order valence-electron chi connectivity index (χ2n) is 4.52. The average Bonchev–Trinajstić information content (AvgIpc) is 2.81. The van der Waals surface area contributed by atoms with Gasteiger partial charge in [0, 0.05) is 24.2 Å². The lowest BCUT2D eigenvalue weighted by atomic mass is 10.3. The van der Waals surface area contributed by atoms with Gasteiger partial charge in [0.2, 0.25) is 0 Å². The molecule has 2 aromatic heterocycles. The molecule has 0 atom stereocenters. The van der Waals surface area contributed by atoms with Gasteiger partial charge in [0.25, 0.3) is 5.91 Å². The summed E-state index contributed by atoms with van der Waals surface area (Å²) in [5.74, 6) is 0.364. The number of fused-ring (bicyclic) bond motifs is 1. The van der Waals surface area contributed by atoms with Gasteiger partial charge in [0.15, 0.2) is 0 Å². The number of aliphatic carboxylic acids is 1. The second kappa shape index (κ2) is 8.09. The highest BCUT2D eigenvalue weighted by molar-refractivity contribution is 8.76. The van der Waals surface area contributed by atoms with Gasteiger partial charge in [-0.2, -0.15) is 0 Å². The van der Waals surface area contributed by atoms with Gasteiger partial charge in [0.1, 0.15) is 11.3 Å². The van der Waals surface area contributed by atoms with E-state index in [1.165, 1.54) is 10.8 Å². The van der Waals surface area contributed by atoms with Gasteiger partial charge in [0.05, 0.1) is 12.1 Å². The van der Waals surface area contributed by atoms with E-state index in [4.69, 9.17) is 5.11 Å². The lowest BCUT2D eigenvalue weighted by molar-refractivity contribution is -0.136. The Bertz CT molecular complexity index is 672. The zero-order chi connectivity index (χ0) is 15.9. The normalized spacial score (nSPS) is 10.8. The van der Waals surface area contributed by atoms with E-state index in [1.54, 1.807) is 15.2 Å². The third-order valence-corrected chi connectivity index (χ3v) is 5.28. The SMILES string of the molecule is Cc1nc2ccccn2c1C(=O)NCCSSCCC(=O)O. The highest BCUT2D eigenvalue weighted by Gasteiger charge is 2.15. The van der Waals surface area contributed by atoms with Crippen LogP contribution in [0.3, 0.4) is 0 Å². The first-order chi connectivity index (χ1) is 10.6. The Morgan fingerprint density at radius 3 is 2.86 bits per heavy atom. The van der Waals surface area contributed by atoms with Crippen molar-refractivity contribution in [2.75, 3.05) is 18.1 Å². The number of aryl methyl sites for hydroxylation is 1. The number of pyridine rings is 1. The van der Waals surface area contributed by atoms with E-state index in [1.807, 2.05) is 31.3 Å². The molecule has 0 aromatic carbocycles. The van der Waals surface area contributed by atoms with Gasteiger partial charge in [-0.3, -0.25) is 14.0 Å². The number of carboxylic acid groups (broad SMARTS) is 1. The van der Waals surface area contributed by atoms with E-state index < -0.39 is 5.97 Å². The van der Waals surface area contributed by atoms with Crippen molar-refractivity contribution in [3.8, 4) is 0 Å². The molecule has 0 aliphatic rings. The molecule has 1 amide bonds. The molecule has 0 saturated heterocycles. The summed E-state index contributed by atoms with van der Waals surface area (Å²) in [6.07, 6.45) is 1.98. The third kappa shape index (κ3) is 4.41. The maximum atomic E-state index is 12.3. The topological polar surface area (TPSA) is 83.7 Å². The fourth-order valence-corrected chi connectivity index (χ4v) is 3.81. The summed E-state index contributed by atoms with van der Waals surface area (Å²) in [4.78, 5) is 27.0.